The van der Waals surface area contributed by atoms with Gasteiger partial charge in [-0.25, -0.2) is 0 Å². The Morgan fingerprint density at radius 2 is 1.79 bits per heavy atom. The molecule has 1 atom stereocenters. The molecule has 0 bridgehead atoms. The molecule has 33 heavy (non-hydrogen) atoms. The van der Waals surface area contributed by atoms with Crippen molar-refractivity contribution in [1.29, 1.82) is 0 Å². The van der Waals surface area contributed by atoms with E-state index in [1.807, 2.05) is 55.6 Å². The second-order valence-electron chi connectivity index (χ2n) is 8.40. The highest BCUT2D eigenvalue weighted by Gasteiger charge is 2.45. The minimum Gasteiger partial charge on any atom is -0.503 e. The number of ether oxygens (including phenoxy) is 1. The summed E-state index contributed by atoms with van der Waals surface area (Å²) in [5, 5.41) is 16.7. The van der Waals surface area contributed by atoms with E-state index >= 15 is 0 Å². The Bertz CT molecular complexity index is 1200. The predicted molar refractivity (Wildman–Crippen MR) is 127 cm³/mol. The summed E-state index contributed by atoms with van der Waals surface area (Å²) in [6.07, 6.45) is -0.107. The lowest BCUT2D eigenvalue weighted by Crippen LogP contribution is -2.32. The number of hydrogen-bond donors (Lipinski definition) is 1. The standard InChI is InChI=1S/C25H25N3O4S/c1-14(2)23(29)21-22(18-7-5-6-8-20(18)32-15(3)4)28(25(31)24(21)30)17-11-9-16(10-12-17)19-13-33-27-26-19/h5-15,22,30H,1-4H3. The fourth-order valence-electron chi connectivity index (χ4n) is 3.88. The number of carbonyl (C=O) groups is 2. The Kier molecular flexibility index (Phi) is 6.29. The largest absolute Gasteiger partial charge is 0.503 e. The number of anilines is 1. The predicted octanol–water partition coefficient (Wildman–Crippen LogP) is 5.12. The Morgan fingerprint density at radius 3 is 2.39 bits per heavy atom. The van der Waals surface area contributed by atoms with Gasteiger partial charge < -0.3 is 9.84 Å². The van der Waals surface area contributed by atoms with Gasteiger partial charge >= 0.3 is 0 Å². The minimum absolute atomic E-state index is 0.0857. The van der Waals surface area contributed by atoms with Gasteiger partial charge in [-0.15, -0.1) is 5.10 Å². The molecule has 2 aromatic carbocycles. The molecule has 1 amide bonds. The first-order valence-corrected chi connectivity index (χ1v) is 11.6. The summed E-state index contributed by atoms with van der Waals surface area (Å²) in [4.78, 5) is 27.9. The Hall–Kier alpha value is -3.52. The van der Waals surface area contributed by atoms with E-state index in [9.17, 15) is 14.7 Å². The molecule has 1 aliphatic heterocycles. The Balaban J connectivity index is 1.84. The van der Waals surface area contributed by atoms with E-state index < -0.39 is 23.6 Å². The van der Waals surface area contributed by atoms with Crippen LogP contribution in [0, 0.1) is 5.92 Å². The van der Waals surface area contributed by atoms with E-state index in [1.54, 1.807) is 26.0 Å². The molecule has 0 radical (unpaired) electrons. The molecule has 2 heterocycles. The number of Topliss-reactive ketones (excluding diaryl/α,β-unsaturated/α-hetero) is 1. The Morgan fingerprint density at radius 1 is 1.09 bits per heavy atom. The average Bonchev–Trinajstić information content (AvgIpc) is 3.41. The number of rotatable bonds is 7. The molecule has 1 unspecified atom stereocenters. The van der Waals surface area contributed by atoms with Crippen molar-refractivity contribution in [2.24, 2.45) is 5.92 Å². The van der Waals surface area contributed by atoms with E-state index in [0.717, 1.165) is 11.3 Å². The minimum atomic E-state index is -0.811. The Labute approximate surface area is 196 Å². The first-order chi connectivity index (χ1) is 15.8. The van der Waals surface area contributed by atoms with Crippen LogP contribution in [0.25, 0.3) is 11.3 Å². The zero-order chi connectivity index (χ0) is 23.7. The zero-order valence-corrected chi connectivity index (χ0v) is 19.7. The van der Waals surface area contributed by atoms with Crippen molar-refractivity contribution in [2.75, 3.05) is 4.90 Å². The summed E-state index contributed by atoms with van der Waals surface area (Å²) in [6.45, 7) is 7.32. The van der Waals surface area contributed by atoms with Gasteiger partial charge in [0.1, 0.15) is 11.4 Å². The van der Waals surface area contributed by atoms with Gasteiger partial charge in [-0.1, -0.05) is 48.7 Å². The first kappa shape index (κ1) is 22.7. The van der Waals surface area contributed by atoms with Crippen LogP contribution >= 0.6 is 11.5 Å². The third kappa shape index (κ3) is 4.26. The van der Waals surface area contributed by atoms with Crippen molar-refractivity contribution in [1.82, 2.24) is 9.59 Å². The van der Waals surface area contributed by atoms with Gasteiger partial charge in [0.25, 0.3) is 5.91 Å². The molecular weight excluding hydrogens is 438 g/mol. The van der Waals surface area contributed by atoms with Crippen LogP contribution in [-0.4, -0.2) is 32.5 Å². The van der Waals surface area contributed by atoms with Crippen LogP contribution in [0.15, 0.2) is 65.2 Å². The lowest BCUT2D eigenvalue weighted by molar-refractivity contribution is -0.119. The normalized spacial score (nSPS) is 16.2. The van der Waals surface area contributed by atoms with Crippen LogP contribution in [0.1, 0.15) is 39.3 Å². The van der Waals surface area contributed by atoms with Crippen LogP contribution in [0.3, 0.4) is 0 Å². The second-order valence-corrected chi connectivity index (χ2v) is 9.01. The zero-order valence-electron chi connectivity index (χ0n) is 18.9. The van der Waals surface area contributed by atoms with E-state index in [1.165, 1.54) is 16.4 Å². The van der Waals surface area contributed by atoms with E-state index in [0.29, 0.717) is 17.0 Å². The van der Waals surface area contributed by atoms with Gasteiger partial charge in [0.2, 0.25) is 0 Å². The average molecular weight is 464 g/mol. The van der Waals surface area contributed by atoms with Crippen molar-refractivity contribution in [3.05, 3.63) is 70.8 Å². The molecule has 1 aliphatic rings. The van der Waals surface area contributed by atoms with Crippen LogP contribution < -0.4 is 9.64 Å². The van der Waals surface area contributed by atoms with Crippen LogP contribution in [0.4, 0.5) is 5.69 Å². The number of benzene rings is 2. The monoisotopic (exact) mass is 463 g/mol. The number of hydrogen-bond acceptors (Lipinski definition) is 7. The third-order valence-electron chi connectivity index (χ3n) is 5.38. The fraction of sp³-hybridized carbons (Fsp3) is 0.280. The lowest BCUT2D eigenvalue weighted by Gasteiger charge is -2.29. The summed E-state index contributed by atoms with van der Waals surface area (Å²) in [5.74, 6) is -1.26. The molecule has 0 fully saturated rings. The van der Waals surface area contributed by atoms with Gasteiger partial charge in [0.05, 0.1) is 17.7 Å². The van der Waals surface area contributed by atoms with Crippen LogP contribution in [0.2, 0.25) is 0 Å². The molecule has 3 aromatic rings. The van der Waals surface area contributed by atoms with Gasteiger partial charge in [0.15, 0.2) is 11.5 Å². The van der Waals surface area contributed by atoms with Gasteiger partial charge in [-0.3, -0.25) is 14.5 Å². The van der Waals surface area contributed by atoms with Crippen molar-refractivity contribution >= 4 is 28.9 Å². The number of para-hydroxylation sites is 1. The lowest BCUT2D eigenvalue weighted by atomic mass is 9.90. The molecule has 8 heteroatoms. The summed E-state index contributed by atoms with van der Waals surface area (Å²) < 4.78 is 9.89. The van der Waals surface area contributed by atoms with Gasteiger partial charge in [-0.05, 0) is 43.6 Å². The first-order valence-electron chi connectivity index (χ1n) is 10.7. The highest BCUT2D eigenvalue weighted by atomic mass is 32.1. The summed E-state index contributed by atoms with van der Waals surface area (Å²) in [6, 6.07) is 13.7. The number of ketones is 1. The summed E-state index contributed by atoms with van der Waals surface area (Å²) in [5.41, 5.74) is 2.87. The summed E-state index contributed by atoms with van der Waals surface area (Å²) >= 11 is 1.26. The topological polar surface area (TPSA) is 92.6 Å². The van der Waals surface area contributed by atoms with Crippen molar-refractivity contribution in [3.8, 4) is 17.0 Å². The second kappa shape index (κ2) is 9.15. The highest BCUT2D eigenvalue weighted by Crippen LogP contribution is 2.45. The molecule has 1 N–H and O–H groups in total. The number of aliphatic hydroxyl groups is 1. The van der Waals surface area contributed by atoms with Crippen molar-refractivity contribution in [2.45, 2.75) is 39.8 Å². The number of carbonyl (C=O) groups excluding carboxylic acids is 2. The molecule has 0 saturated heterocycles. The summed E-state index contributed by atoms with van der Waals surface area (Å²) in [7, 11) is 0. The van der Waals surface area contributed by atoms with E-state index in [4.69, 9.17) is 4.74 Å². The smallest absolute Gasteiger partial charge is 0.294 e. The van der Waals surface area contributed by atoms with Crippen molar-refractivity contribution < 1.29 is 19.4 Å². The maximum absolute atomic E-state index is 13.3. The molecule has 170 valence electrons. The molecule has 4 rings (SSSR count). The van der Waals surface area contributed by atoms with Crippen LogP contribution in [0.5, 0.6) is 5.75 Å². The van der Waals surface area contributed by atoms with Gasteiger partial charge in [-0.2, -0.15) is 0 Å². The fourth-order valence-corrected chi connectivity index (χ4v) is 4.34. The van der Waals surface area contributed by atoms with Crippen LogP contribution in [-0.2, 0) is 9.59 Å². The molecular formula is C25H25N3O4S. The SMILES string of the molecule is CC(C)Oc1ccccc1C1C(C(=O)C(C)C)=C(O)C(=O)N1c1ccc(-c2csnn2)cc1. The third-order valence-corrected chi connectivity index (χ3v) is 5.88. The van der Waals surface area contributed by atoms with Crippen molar-refractivity contribution in [3.63, 3.8) is 0 Å². The molecule has 0 spiro atoms. The quantitative estimate of drug-likeness (QED) is 0.523. The van der Waals surface area contributed by atoms with Gasteiger partial charge in [0, 0.05) is 28.1 Å². The number of aliphatic hydroxyl groups excluding tert-OH is 1. The highest BCUT2D eigenvalue weighted by molar-refractivity contribution is 7.03. The maximum Gasteiger partial charge on any atom is 0.294 e. The molecule has 1 aromatic heterocycles. The number of amides is 1. The molecule has 7 nitrogen and oxygen atoms in total. The van der Waals surface area contributed by atoms with E-state index in [-0.39, 0.29) is 17.5 Å². The molecule has 0 aliphatic carbocycles. The number of nitrogens with zero attached hydrogens (tertiary/aromatic N) is 3. The van der Waals surface area contributed by atoms with E-state index in [2.05, 4.69) is 9.59 Å². The number of aromatic nitrogens is 2. The molecule has 0 saturated carbocycles. The maximum atomic E-state index is 13.3.